The van der Waals surface area contributed by atoms with Gasteiger partial charge in [-0.15, -0.1) is 0 Å². The van der Waals surface area contributed by atoms with Crippen LogP contribution in [0.3, 0.4) is 0 Å². The van der Waals surface area contributed by atoms with Crippen LogP contribution in [0, 0.1) is 23.7 Å². The smallest absolute Gasteiger partial charge is 0.339 e. The molecule has 2 bridgehead atoms. The Bertz CT molecular complexity index is 1890. The predicted octanol–water partition coefficient (Wildman–Crippen LogP) is 7.06. The van der Waals surface area contributed by atoms with Gasteiger partial charge in [-0.3, -0.25) is 19.3 Å². The zero-order chi connectivity index (χ0) is 30.0. The van der Waals surface area contributed by atoms with E-state index in [1.807, 2.05) is 13.0 Å². The number of carbonyl (C=O) groups is 4. The predicted molar refractivity (Wildman–Crippen MR) is 166 cm³/mol. The Kier molecular flexibility index (Phi) is 6.78. The number of anilines is 1. The molecule has 1 saturated carbocycles. The summed E-state index contributed by atoms with van der Waals surface area (Å²) < 4.78 is 6.20. The summed E-state index contributed by atoms with van der Waals surface area (Å²) in [4.78, 5) is 58.7. The Balaban J connectivity index is 1.16. The molecule has 214 valence electrons. The van der Waals surface area contributed by atoms with Crippen LogP contribution in [0.5, 0.6) is 0 Å². The van der Waals surface area contributed by atoms with E-state index in [9.17, 15) is 19.2 Å². The molecule has 1 saturated heterocycles. The van der Waals surface area contributed by atoms with Crippen LogP contribution >= 0.6 is 27.5 Å². The lowest BCUT2D eigenvalue weighted by molar-refractivity contribution is -0.123. The van der Waals surface area contributed by atoms with Gasteiger partial charge in [0.15, 0.2) is 12.4 Å². The van der Waals surface area contributed by atoms with E-state index in [0.717, 1.165) is 10.9 Å². The SMILES string of the molecule is CC1=CC2CC1C1C(=O)N(c3ccc(-c4cc(C(=O)OCC(=O)c5ccc(Cl)cc5)c5cc(Br)ccc5n4)cc3)C(=O)C21. The lowest BCUT2D eigenvalue weighted by Gasteiger charge is -2.19. The number of hydrogen-bond acceptors (Lipinski definition) is 6. The number of carbonyl (C=O) groups excluding carboxylic acids is 4. The summed E-state index contributed by atoms with van der Waals surface area (Å²) in [6.07, 6.45) is 3.04. The number of esters is 1. The molecule has 7 nitrogen and oxygen atoms in total. The first kappa shape index (κ1) is 27.7. The molecule has 0 spiro atoms. The van der Waals surface area contributed by atoms with E-state index >= 15 is 0 Å². The summed E-state index contributed by atoms with van der Waals surface area (Å²) in [7, 11) is 0. The van der Waals surface area contributed by atoms with Crippen LogP contribution in [0.2, 0.25) is 5.02 Å². The van der Waals surface area contributed by atoms with E-state index in [1.165, 1.54) is 10.5 Å². The lowest BCUT2D eigenvalue weighted by Crippen LogP contribution is -2.32. The first-order valence-corrected chi connectivity index (χ1v) is 15.1. The molecular formula is C34H24BrClN2O5. The Hall–Kier alpha value is -4.14. The van der Waals surface area contributed by atoms with Gasteiger partial charge in [-0.05, 0) is 85.8 Å². The number of fused-ring (bicyclic) bond motifs is 6. The van der Waals surface area contributed by atoms with Crippen molar-refractivity contribution in [3.8, 4) is 11.3 Å². The fourth-order valence-corrected chi connectivity index (χ4v) is 7.24. The number of pyridine rings is 1. The monoisotopic (exact) mass is 654 g/mol. The Morgan fingerprint density at radius 1 is 0.977 bits per heavy atom. The number of ketones is 1. The van der Waals surface area contributed by atoms with Gasteiger partial charge < -0.3 is 4.74 Å². The molecule has 3 aliphatic rings. The lowest BCUT2D eigenvalue weighted by atomic mass is 9.82. The Labute approximate surface area is 260 Å². The fourth-order valence-electron chi connectivity index (χ4n) is 6.75. The number of aromatic nitrogens is 1. The number of amides is 2. The number of allylic oxidation sites excluding steroid dienone is 2. The molecule has 2 amide bonds. The minimum absolute atomic E-state index is 0.129. The second kappa shape index (κ2) is 10.5. The third kappa shape index (κ3) is 4.69. The van der Waals surface area contributed by atoms with Gasteiger partial charge in [-0.2, -0.15) is 0 Å². The maximum atomic E-state index is 13.4. The summed E-state index contributed by atoms with van der Waals surface area (Å²) in [6.45, 7) is 1.62. The average Bonchev–Trinajstić information content (AvgIpc) is 3.65. The van der Waals surface area contributed by atoms with Gasteiger partial charge in [0.05, 0.1) is 34.3 Å². The number of imide groups is 1. The molecule has 43 heavy (non-hydrogen) atoms. The van der Waals surface area contributed by atoms with Crippen molar-refractivity contribution in [2.24, 2.45) is 23.7 Å². The van der Waals surface area contributed by atoms with Crippen molar-refractivity contribution >= 4 is 67.7 Å². The normalized spacial score (nSPS) is 22.2. The van der Waals surface area contributed by atoms with E-state index in [2.05, 4.69) is 22.0 Å². The van der Waals surface area contributed by atoms with Gasteiger partial charge in [0.2, 0.25) is 11.8 Å². The van der Waals surface area contributed by atoms with Crippen molar-refractivity contribution in [3.05, 3.63) is 105 Å². The molecule has 2 aliphatic carbocycles. The van der Waals surface area contributed by atoms with Crippen molar-refractivity contribution in [3.63, 3.8) is 0 Å². The molecule has 9 heteroatoms. The molecule has 7 rings (SSSR count). The highest BCUT2D eigenvalue weighted by Gasteiger charge is 2.60. The number of ether oxygens (including phenoxy) is 1. The van der Waals surface area contributed by atoms with Crippen LogP contribution < -0.4 is 4.90 Å². The number of rotatable bonds is 6. The van der Waals surface area contributed by atoms with Gasteiger partial charge in [0, 0.05) is 26.0 Å². The quantitative estimate of drug-likeness (QED) is 0.0956. The van der Waals surface area contributed by atoms with Crippen molar-refractivity contribution in [2.75, 3.05) is 11.5 Å². The van der Waals surface area contributed by atoms with Gasteiger partial charge >= 0.3 is 5.97 Å². The number of Topliss-reactive ketones (excluding diaryl/α,β-unsaturated/α-hetero) is 1. The number of hydrogen-bond donors (Lipinski definition) is 0. The minimum atomic E-state index is -0.663. The van der Waals surface area contributed by atoms with Gasteiger partial charge in [-0.1, -0.05) is 51.3 Å². The topological polar surface area (TPSA) is 93.6 Å². The van der Waals surface area contributed by atoms with Crippen LogP contribution in [0.4, 0.5) is 5.69 Å². The molecule has 4 unspecified atom stereocenters. The van der Waals surface area contributed by atoms with Gasteiger partial charge in [-0.25, -0.2) is 9.78 Å². The highest BCUT2D eigenvalue weighted by molar-refractivity contribution is 9.10. The molecule has 1 aromatic heterocycles. The van der Waals surface area contributed by atoms with E-state index < -0.39 is 12.6 Å². The summed E-state index contributed by atoms with van der Waals surface area (Å²) >= 11 is 9.36. The van der Waals surface area contributed by atoms with Crippen molar-refractivity contribution < 1.29 is 23.9 Å². The average molecular weight is 656 g/mol. The van der Waals surface area contributed by atoms with E-state index in [4.69, 9.17) is 21.3 Å². The largest absolute Gasteiger partial charge is 0.454 e. The standard InChI is InChI=1S/C34H24BrClN2O5/c1-17-12-20-13-24(17)31-30(20)32(40)38(33(31)41)23-9-4-18(5-10-23)28-15-26(25-14-21(35)6-11-27(25)37-28)34(42)43-16-29(39)19-2-7-22(36)8-3-19/h2-12,14-15,20,24,30-31H,13,16H2,1H3. The summed E-state index contributed by atoms with van der Waals surface area (Å²) in [5.74, 6) is -1.54. The summed E-state index contributed by atoms with van der Waals surface area (Å²) in [6, 6.07) is 20.4. The van der Waals surface area contributed by atoms with Crippen LogP contribution in [0.25, 0.3) is 22.2 Å². The number of halogens is 2. The molecule has 0 radical (unpaired) electrons. The molecule has 2 fully saturated rings. The number of benzene rings is 3. The first-order valence-electron chi connectivity index (χ1n) is 13.9. The number of nitrogens with zero attached hydrogens (tertiary/aromatic N) is 2. The molecule has 1 aliphatic heterocycles. The maximum Gasteiger partial charge on any atom is 0.339 e. The molecule has 3 aromatic carbocycles. The summed E-state index contributed by atoms with van der Waals surface area (Å²) in [5.41, 5.74) is 4.14. The molecule has 2 heterocycles. The molecule has 0 N–H and O–H groups in total. The zero-order valence-electron chi connectivity index (χ0n) is 22.9. The van der Waals surface area contributed by atoms with Crippen LogP contribution in [0.15, 0.2) is 88.9 Å². The summed E-state index contributed by atoms with van der Waals surface area (Å²) in [5, 5.41) is 1.07. The third-order valence-corrected chi connectivity index (χ3v) is 9.54. The second-order valence-corrected chi connectivity index (χ2v) is 12.6. The molecular weight excluding hydrogens is 632 g/mol. The van der Waals surface area contributed by atoms with Crippen molar-refractivity contribution in [1.82, 2.24) is 4.98 Å². The minimum Gasteiger partial charge on any atom is -0.454 e. The first-order chi connectivity index (χ1) is 20.7. The van der Waals surface area contributed by atoms with E-state index in [0.29, 0.717) is 38.4 Å². The van der Waals surface area contributed by atoms with E-state index in [-0.39, 0.29) is 46.8 Å². The highest BCUT2D eigenvalue weighted by atomic mass is 79.9. The molecule has 4 aromatic rings. The third-order valence-electron chi connectivity index (χ3n) is 8.79. The van der Waals surface area contributed by atoms with Gasteiger partial charge in [0.25, 0.3) is 0 Å². The molecule has 4 atom stereocenters. The highest BCUT2D eigenvalue weighted by Crippen LogP contribution is 2.56. The Morgan fingerprint density at radius 3 is 2.44 bits per heavy atom. The Morgan fingerprint density at radius 2 is 1.70 bits per heavy atom. The van der Waals surface area contributed by atoms with Crippen LogP contribution in [-0.2, 0) is 14.3 Å². The van der Waals surface area contributed by atoms with Crippen molar-refractivity contribution in [1.29, 1.82) is 0 Å². The maximum absolute atomic E-state index is 13.4. The van der Waals surface area contributed by atoms with E-state index in [1.54, 1.807) is 66.7 Å². The van der Waals surface area contributed by atoms with Gasteiger partial charge in [0.1, 0.15) is 0 Å². The van der Waals surface area contributed by atoms with Crippen LogP contribution in [0.1, 0.15) is 34.1 Å². The van der Waals surface area contributed by atoms with Crippen LogP contribution in [-0.4, -0.2) is 35.2 Å². The zero-order valence-corrected chi connectivity index (χ0v) is 25.3. The van der Waals surface area contributed by atoms with Crippen molar-refractivity contribution in [2.45, 2.75) is 13.3 Å². The fraction of sp³-hybridized carbons (Fsp3) is 0.206. The second-order valence-electron chi connectivity index (χ2n) is 11.2.